The Kier molecular flexibility index (Phi) is 5.25. The molecule has 0 aliphatic carbocycles. The van der Waals surface area contributed by atoms with Crippen LogP contribution in [0.4, 0.5) is 10.5 Å². The highest BCUT2D eigenvalue weighted by atomic mass is 16.6. The molecule has 2 aromatic carbocycles. The molecule has 0 heterocycles. The SMILES string of the molecule is CC(C#N)c1ccccc1-c1ccccc1NC(=O)OC(C)(C)C. The second kappa shape index (κ2) is 7.18. The summed E-state index contributed by atoms with van der Waals surface area (Å²) in [5.41, 5.74) is 2.81. The Morgan fingerprint density at radius 3 is 2.29 bits per heavy atom. The highest BCUT2D eigenvalue weighted by Gasteiger charge is 2.18. The van der Waals surface area contributed by atoms with Crippen LogP contribution in [-0.4, -0.2) is 11.7 Å². The maximum absolute atomic E-state index is 12.1. The molecule has 0 spiro atoms. The fourth-order valence-electron chi connectivity index (χ4n) is 2.43. The summed E-state index contributed by atoms with van der Waals surface area (Å²) < 4.78 is 5.33. The molecular weight excluding hydrogens is 300 g/mol. The van der Waals surface area contributed by atoms with Crippen molar-refractivity contribution >= 4 is 11.8 Å². The van der Waals surface area contributed by atoms with Crippen molar-refractivity contribution in [1.82, 2.24) is 0 Å². The van der Waals surface area contributed by atoms with Crippen LogP contribution in [0.3, 0.4) is 0 Å². The van der Waals surface area contributed by atoms with E-state index in [0.717, 1.165) is 16.7 Å². The lowest BCUT2D eigenvalue weighted by molar-refractivity contribution is 0.0636. The van der Waals surface area contributed by atoms with Crippen LogP contribution in [0.15, 0.2) is 48.5 Å². The molecular formula is C20H22N2O2. The van der Waals surface area contributed by atoms with Crippen molar-refractivity contribution in [2.24, 2.45) is 0 Å². The first-order valence-electron chi connectivity index (χ1n) is 7.90. The number of carbonyl (C=O) groups is 1. The Hall–Kier alpha value is -2.80. The van der Waals surface area contributed by atoms with Crippen LogP contribution in [0, 0.1) is 11.3 Å². The number of nitriles is 1. The number of hydrogen-bond donors (Lipinski definition) is 1. The summed E-state index contributed by atoms with van der Waals surface area (Å²) in [5, 5.41) is 12.1. The quantitative estimate of drug-likeness (QED) is 0.831. The zero-order chi connectivity index (χ0) is 17.7. The minimum atomic E-state index is -0.563. The normalized spacial score (nSPS) is 12.1. The summed E-state index contributed by atoms with van der Waals surface area (Å²) in [4.78, 5) is 12.1. The van der Waals surface area contributed by atoms with E-state index in [2.05, 4.69) is 11.4 Å². The molecule has 0 saturated heterocycles. The highest BCUT2D eigenvalue weighted by molar-refractivity contribution is 5.92. The van der Waals surface area contributed by atoms with Gasteiger partial charge in [-0.15, -0.1) is 0 Å². The highest BCUT2D eigenvalue weighted by Crippen LogP contribution is 2.34. The van der Waals surface area contributed by atoms with E-state index in [1.165, 1.54) is 0 Å². The van der Waals surface area contributed by atoms with Crippen molar-refractivity contribution in [3.63, 3.8) is 0 Å². The number of para-hydroxylation sites is 1. The molecule has 0 aromatic heterocycles. The monoisotopic (exact) mass is 322 g/mol. The van der Waals surface area contributed by atoms with Gasteiger partial charge in [0.1, 0.15) is 5.60 Å². The molecule has 0 saturated carbocycles. The number of rotatable bonds is 3. The van der Waals surface area contributed by atoms with Gasteiger partial charge < -0.3 is 4.74 Å². The van der Waals surface area contributed by atoms with E-state index in [4.69, 9.17) is 4.74 Å². The molecule has 0 aliphatic heterocycles. The Labute approximate surface area is 143 Å². The second-order valence-electron chi connectivity index (χ2n) is 6.61. The van der Waals surface area contributed by atoms with Gasteiger partial charge in [0.05, 0.1) is 17.7 Å². The van der Waals surface area contributed by atoms with E-state index < -0.39 is 11.7 Å². The zero-order valence-corrected chi connectivity index (χ0v) is 14.5. The topological polar surface area (TPSA) is 62.1 Å². The third-order valence-corrected chi connectivity index (χ3v) is 3.47. The second-order valence-corrected chi connectivity index (χ2v) is 6.61. The van der Waals surface area contributed by atoms with Crippen LogP contribution < -0.4 is 5.32 Å². The largest absolute Gasteiger partial charge is 0.444 e. The zero-order valence-electron chi connectivity index (χ0n) is 14.5. The maximum Gasteiger partial charge on any atom is 0.412 e. The minimum Gasteiger partial charge on any atom is -0.444 e. The van der Waals surface area contributed by atoms with Crippen molar-refractivity contribution in [1.29, 1.82) is 5.26 Å². The lowest BCUT2D eigenvalue weighted by atomic mass is 9.91. The predicted octanol–water partition coefficient (Wildman–Crippen LogP) is 5.33. The number of amides is 1. The summed E-state index contributed by atoms with van der Waals surface area (Å²) in [6, 6.07) is 17.5. The van der Waals surface area contributed by atoms with Crippen molar-refractivity contribution < 1.29 is 9.53 Å². The van der Waals surface area contributed by atoms with E-state index in [1.54, 1.807) is 0 Å². The average Bonchev–Trinajstić information content (AvgIpc) is 2.53. The summed E-state index contributed by atoms with van der Waals surface area (Å²) in [6.07, 6.45) is -0.499. The van der Waals surface area contributed by atoms with Gasteiger partial charge >= 0.3 is 6.09 Å². The molecule has 4 nitrogen and oxygen atoms in total. The fraction of sp³-hybridized carbons (Fsp3) is 0.300. The number of ether oxygens (including phenoxy) is 1. The molecule has 0 fully saturated rings. The van der Waals surface area contributed by atoms with Gasteiger partial charge in [-0.05, 0) is 44.9 Å². The Bertz CT molecular complexity index is 770. The number of carbonyl (C=O) groups excluding carboxylic acids is 1. The van der Waals surface area contributed by atoms with Crippen LogP contribution in [-0.2, 0) is 4.74 Å². The molecule has 1 atom stereocenters. The van der Waals surface area contributed by atoms with Crippen LogP contribution in [0.1, 0.15) is 39.2 Å². The molecule has 124 valence electrons. The van der Waals surface area contributed by atoms with Gasteiger partial charge in [-0.25, -0.2) is 4.79 Å². The van der Waals surface area contributed by atoms with Gasteiger partial charge in [0, 0.05) is 5.56 Å². The average molecular weight is 322 g/mol. The molecule has 1 N–H and O–H groups in total. The predicted molar refractivity (Wildman–Crippen MR) is 95.8 cm³/mol. The van der Waals surface area contributed by atoms with E-state index in [0.29, 0.717) is 5.69 Å². The fourth-order valence-corrected chi connectivity index (χ4v) is 2.43. The van der Waals surface area contributed by atoms with Gasteiger partial charge in [-0.3, -0.25) is 5.32 Å². The first-order valence-corrected chi connectivity index (χ1v) is 7.90. The van der Waals surface area contributed by atoms with Gasteiger partial charge in [-0.1, -0.05) is 42.5 Å². The smallest absolute Gasteiger partial charge is 0.412 e. The van der Waals surface area contributed by atoms with Crippen LogP contribution in [0.25, 0.3) is 11.1 Å². The molecule has 1 amide bonds. The Morgan fingerprint density at radius 2 is 1.67 bits per heavy atom. The molecule has 0 aliphatic rings. The summed E-state index contributed by atoms with van der Waals surface area (Å²) >= 11 is 0. The molecule has 4 heteroatoms. The number of nitrogens with zero attached hydrogens (tertiary/aromatic N) is 1. The Morgan fingerprint density at radius 1 is 1.08 bits per heavy atom. The summed E-state index contributed by atoms with van der Waals surface area (Å²) in [7, 11) is 0. The van der Waals surface area contributed by atoms with E-state index >= 15 is 0 Å². The van der Waals surface area contributed by atoms with E-state index in [9.17, 15) is 10.1 Å². The van der Waals surface area contributed by atoms with Gasteiger partial charge in [0.15, 0.2) is 0 Å². The van der Waals surface area contributed by atoms with Crippen molar-refractivity contribution in [3.8, 4) is 17.2 Å². The minimum absolute atomic E-state index is 0.240. The number of benzene rings is 2. The summed E-state index contributed by atoms with van der Waals surface area (Å²) in [6.45, 7) is 7.33. The number of hydrogen-bond acceptors (Lipinski definition) is 3. The molecule has 1 unspecified atom stereocenters. The first kappa shape index (κ1) is 17.6. The molecule has 0 radical (unpaired) electrons. The van der Waals surface area contributed by atoms with Crippen molar-refractivity contribution in [2.45, 2.75) is 39.2 Å². The Balaban J connectivity index is 2.41. The molecule has 0 bridgehead atoms. The van der Waals surface area contributed by atoms with Crippen molar-refractivity contribution in [2.75, 3.05) is 5.32 Å². The summed E-state index contributed by atoms with van der Waals surface area (Å²) in [5.74, 6) is -0.240. The molecule has 2 aromatic rings. The first-order chi connectivity index (χ1) is 11.3. The molecule has 2 rings (SSSR count). The van der Waals surface area contributed by atoms with Crippen molar-refractivity contribution in [3.05, 3.63) is 54.1 Å². The van der Waals surface area contributed by atoms with Crippen LogP contribution in [0.5, 0.6) is 0 Å². The van der Waals surface area contributed by atoms with E-state index in [-0.39, 0.29) is 5.92 Å². The number of nitrogens with one attached hydrogen (secondary N) is 1. The number of anilines is 1. The third kappa shape index (κ3) is 4.36. The van der Waals surface area contributed by atoms with Gasteiger partial charge in [0.2, 0.25) is 0 Å². The van der Waals surface area contributed by atoms with E-state index in [1.807, 2.05) is 76.2 Å². The third-order valence-electron chi connectivity index (χ3n) is 3.47. The van der Waals surface area contributed by atoms with Crippen LogP contribution >= 0.6 is 0 Å². The maximum atomic E-state index is 12.1. The lowest BCUT2D eigenvalue weighted by Gasteiger charge is -2.21. The van der Waals surface area contributed by atoms with Gasteiger partial charge in [-0.2, -0.15) is 5.26 Å². The van der Waals surface area contributed by atoms with Crippen LogP contribution in [0.2, 0.25) is 0 Å². The lowest BCUT2D eigenvalue weighted by Crippen LogP contribution is -2.27. The van der Waals surface area contributed by atoms with Gasteiger partial charge in [0.25, 0.3) is 0 Å². The molecule has 24 heavy (non-hydrogen) atoms. The standard InChI is InChI=1S/C20H22N2O2/c1-14(13-21)15-9-5-6-10-16(15)17-11-7-8-12-18(17)22-19(23)24-20(2,3)4/h5-12,14H,1-4H3,(H,22,23).